The molecule has 2 rings (SSSR count). The van der Waals surface area contributed by atoms with E-state index in [1.165, 1.54) is 6.20 Å². The molecule has 0 spiro atoms. The molecule has 0 aliphatic heterocycles. The van der Waals surface area contributed by atoms with Gasteiger partial charge in [0.2, 0.25) is 17.7 Å². The van der Waals surface area contributed by atoms with E-state index in [4.69, 9.17) is 10.00 Å². The van der Waals surface area contributed by atoms with Crippen LogP contribution in [0.3, 0.4) is 0 Å². The first-order valence-corrected chi connectivity index (χ1v) is 7.37. The van der Waals surface area contributed by atoms with E-state index in [-0.39, 0.29) is 12.5 Å². The minimum atomic E-state index is -0.426. The van der Waals surface area contributed by atoms with Crippen LogP contribution in [0.5, 0.6) is 11.6 Å². The molecule has 0 aliphatic rings. The molecule has 0 saturated heterocycles. The topological polar surface area (TPSA) is 104 Å². The molecule has 1 aromatic heterocycles. The van der Waals surface area contributed by atoms with E-state index in [0.717, 1.165) is 11.6 Å². The predicted octanol–water partition coefficient (Wildman–Crippen LogP) is 2.29. The van der Waals surface area contributed by atoms with Crippen molar-refractivity contribution in [2.75, 3.05) is 11.9 Å². The van der Waals surface area contributed by atoms with Gasteiger partial charge in [-0.15, -0.1) is 0 Å². The number of aromatic nitrogens is 1. The smallest absolute Gasteiger partial charge is 0.243 e. The number of anilines is 1. The fraction of sp³-hybridized carbons (Fsp3) is 0.111. The summed E-state index contributed by atoms with van der Waals surface area (Å²) in [4.78, 5) is 27.0. The summed E-state index contributed by atoms with van der Waals surface area (Å²) in [5, 5.41) is 14.1. The molecule has 0 unspecified atom stereocenters. The van der Waals surface area contributed by atoms with Crippen LogP contribution in [0.15, 0.2) is 49.2 Å². The molecule has 2 aromatic rings. The molecule has 25 heavy (non-hydrogen) atoms. The standard InChI is InChI=1S/C18H16N4O3/c1-3-16(23)20-11-17(24)22-14-10-21-18(8-12(14)2)25-15-7-5-4-6-13(15)9-19/h3-8,10H,1,11H2,2H3,(H,20,23)(H,22,24). The lowest BCUT2D eigenvalue weighted by atomic mass is 10.2. The van der Waals surface area contributed by atoms with E-state index in [1.54, 1.807) is 37.3 Å². The number of benzene rings is 1. The number of carbonyl (C=O) groups excluding carboxylic acids is 2. The first-order chi connectivity index (χ1) is 12.0. The Bertz CT molecular complexity index is 856. The maximum Gasteiger partial charge on any atom is 0.243 e. The molecule has 0 aliphatic carbocycles. The molecule has 7 nitrogen and oxygen atoms in total. The fourth-order valence-corrected chi connectivity index (χ4v) is 1.91. The Morgan fingerprint density at radius 3 is 2.84 bits per heavy atom. The molecule has 7 heteroatoms. The number of nitrogens with zero attached hydrogens (tertiary/aromatic N) is 2. The normalized spacial score (nSPS) is 9.60. The van der Waals surface area contributed by atoms with Gasteiger partial charge in [-0.3, -0.25) is 9.59 Å². The minimum absolute atomic E-state index is 0.169. The van der Waals surface area contributed by atoms with Crippen LogP contribution >= 0.6 is 0 Å². The monoisotopic (exact) mass is 336 g/mol. The van der Waals surface area contributed by atoms with Crippen LogP contribution in [0.2, 0.25) is 0 Å². The highest BCUT2D eigenvalue weighted by molar-refractivity contribution is 5.96. The van der Waals surface area contributed by atoms with E-state index < -0.39 is 5.91 Å². The number of nitrogens with one attached hydrogen (secondary N) is 2. The van der Waals surface area contributed by atoms with E-state index >= 15 is 0 Å². The van der Waals surface area contributed by atoms with Gasteiger partial charge in [-0.2, -0.15) is 5.26 Å². The number of pyridine rings is 1. The zero-order valence-corrected chi connectivity index (χ0v) is 13.6. The van der Waals surface area contributed by atoms with Gasteiger partial charge in [0, 0.05) is 6.07 Å². The molecule has 0 bridgehead atoms. The number of hydrogen-bond donors (Lipinski definition) is 2. The summed E-state index contributed by atoms with van der Waals surface area (Å²) < 4.78 is 5.62. The third-order valence-corrected chi connectivity index (χ3v) is 3.19. The Morgan fingerprint density at radius 1 is 1.40 bits per heavy atom. The highest BCUT2D eigenvalue weighted by atomic mass is 16.5. The molecule has 126 valence electrons. The Hall–Kier alpha value is -3.66. The van der Waals surface area contributed by atoms with Gasteiger partial charge in [-0.25, -0.2) is 4.98 Å². The average molecular weight is 336 g/mol. The summed E-state index contributed by atoms with van der Waals surface area (Å²) in [6.45, 7) is 4.92. The predicted molar refractivity (Wildman–Crippen MR) is 92.0 cm³/mol. The third kappa shape index (κ3) is 4.91. The second kappa shape index (κ2) is 8.26. The number of amides is 2. The van der Waals surface area contributed by atoms with E-state index in [9.17, 15) is 9.59 Å². The number of carbonyl (C=O) groups is 2. The molecular formula is C18H16N4O3. The Morgan fingerprint density at radius 2 is 2.16 bits per heavy atom. The molecule has 0 fully saturated rings. The van der Waals surface area contributed by atoms with Gasteiger partial charge in [0.05, 0.1) is 24.0 Å². The van der Waals surface area contributed by atoms with Gasteiger partial charge < -0.3 is 15.4 Å². The van der Waals surface area contributed by atoms with Crippen LogP contribution in [-0.4, -0.2) is 23.3 Å². The SMILES string of the molecule is C=CC(=O)NCC(=O)Nc1cnc(Oc2ccccc2C#N)cc1C. The lowest BCUT2D eigenvalue weighted by Crippen LogP contribution is -2.31. The van der Waals surface area contributed by atoms with Gasteiger partial charge in [0.25, 0.3) is 0 Å². The van der Waals surface area contributed by atoms with E-state index in [1.807, 2.05) is 6.07 Å². The summed E-state index contributed by atoms with van der Waals surface area (Å²) in [5.74, 6) is -0.104. The summed E-state index contributed by atoms with van der Waals surface area (Å²) in [5.41, 5.74) is 1.62. The van der Waals surface area contributed by atoms with Crippen LogP contribution in [0.4, 0.5) is 5.69 Å². The Balaban J connectivity index is 2.05. The molecule has 0 radical (unpaired) electrons. The van der Waals surface area contributed by atoms with Crippen LogP contribution < -0.4 is 15.4 Å². The maximum absolute atomic E-state index is 11.8. The number of ether oxygens (including phenoxy) is 1. The third-order valence-electron chi connectivity index (χ3n) is 3.19. The quantitative estimate of drug-likeness (QED) is 0.788. The van der Waals surface area contributed by atoms with Crippen molar-refractivity contribution in [2.24, 2.45) is 0 Å². The average Bonchev–Trinajstić information content (AvgIpc) is 2.62. The molecule has 0 atom stereocenters. The molecule has 1 heterocycles. The van der Waals surface area contributed by atoms with Crippen LogP contribution in [0.1, 0.15) is 11.1 Å². The number of hydrogen-bond acceptors (Lipinski definition) is 5. The molecular weight excluding hydrogens is 320 g/mol. The van der Waals surface area contributed by atoms with Crippen molar-refractivity contribution < 1.29 is 14.3 Å². The van der Waals surface area contributed by atoms with Crippen molar-refractivity contribution in [2.45, 2.75) is 6.92 Å². The second-order valence-electron chi connectivity index (χ2n) is 5.02. The zero-order chi connectivity index (χ0) is 18.2. The van der Waals surface area contributed by atoms with Crippen LogP contribution in [-0.2, 0) is 9.59 Å². The summed E-state index contributed by atoms with van der Waals surface area (Å²) in [7, 11) is 0. The Kier molecular flexibility index (Phi) is 5.85. The largest absolute Gasteiger partial charge is 0.438 e. The lowest BCUT2D eigenvalue weighted by Gasteiger charge is -2.11. The van der Waals surface area contributed by atoms with E-state index in [0.29, 0.717) is 22.9 Å². The summed E-state index contributed by atoms with van der Waals surface area (Å²) in [6.07, 6.45) is 2.54. The van der Waals surface area contributed by atoms with Gasteiger partial charge >= 0.3 is 0 Å². The van der Waals surface area contributed by atoms with Crippen molar-refractivity contribution in [3.05, 3.63) is 60.3 Å². The number of nitriles is 1. The van der Waals surface area contributed by atoms with Crippen molar-refractivity contribution in [3.63, 3.8) is 0 Å². The lowest BCUT2D eigenvalue weighted by molar-refractivity contribution is -0.121. The van der Waals surface area contributed by atoms with Crippen molar-refractivity contribution in [1.82, 2.24) is 10.3 Å². The van der Waals surface area contributed by atoms with Crippen LogP contribution in [0.25, 0.3) is 0 Å². The van der Waals surface area contributed by atoms with Crippen molar-refractivity contribution >= 4 is 17.5 Å². The molecule has 2 amide bonds. The maximum atomic E-state index is 11.8. The van der Waals surface area contributed by atoms with Gasteiger partial charge in [0.15, 0.2) is 0 Å². The molecule has 2 N–H and O–H groups in total. The Labute approximate surface area is 145 Å². The summed E-state index contributed by atoms with van der Waals surface area (Å²) in [6, 6.07) is 10.5. The molecule has 0 saturated carbocycles. The highest BCUT2D eigenvalue weighted by Gasteiger charge is 2.09. The first-order valence-electron chi connectivity index (χ1n) is 7.37. The van der Waals surface area contributed by atoms with Gasteiger partial charge in [-0.1, -0.05) is 18.7 Å². The highest BCUT2D eigenvalue weighted by Crippen LogP contribution is 2.25. The van der Waals surface area contributed by atoms with Crippen LogP contribution in [0, 0.1) is 18.3 Å². The molecule has 1 aromatic carbocycles. The van der Waals surface area contributed by atoms with Crippen molar-refractivity contribution in [1.29, 1.82) is 5.26 Å². The number of rotatable bonds is 6. The van der Waals surface area contributed by atoms with Gasteiger partial charge in [-0.05, 0) is 30.7 Å². The van der Waals surface area contributed by atoms with E-state index in [2.05, 4.69) is 22.2 Å². The second-order valence-corrected chi connectivity index (χ2v) is 5.02. The number of aryl methyl sites for hydroxylation is 1. The van der Waals surface area contributed by atoms with Gasteiger partial charge in [0.1, 0.15) is 11.8 Å². The number of para-hydroxylation sites is 1. The summed E-state index contributed by atoms with van der Waals surface area (Å²) >= 11 is 0. The first kappa shape index (κ1) is 17.7. The minimum Gasteiger partial charge on any atom is -0.438 e. The zero-order valence-electron chi connectivity index (χ0n) is 13.6. The fourth-order valence-electron chi connectivity index (χ4n) is 1.91. The van der Waals surface area contributed by atoms with Crippen molar-refractivity contribution in [3.8, 4) is 17.7 Å².